The summed E-state index contributed by atoms with van der Waals surface area (Å²) in [6, 6.07) is 3.49. The van der Waals surface area contributed by atoms with Crippen molar-refractivity contribution in [2.75, 3.05) is 11.1 Å². The molecule has 0 atom stereocenters. The number of carbonyl (C=O) groups excluding carboxylic acids is 1. The van der Waals surface area contributed by atoms with Crippen molar-refractivity contribution in [2.45, 2.75) is 38.5 Å². The molecule has 18 heavy (non-hydrogen) atoms. The van der Waals surface area contributed by atoms with Crippen LogP contribution in [0.4, 0.5) is 11.5 Å². The van der Waals surface area contributed by atoms with Crippen molar-refractivity contribution in [3.8, 4) is 0 Å². The zero-order valence-electron chi connectivity index (χ0n) is 10.4. The van der Waals surface area contributed by atoms with Gasteiger partial charge in [-0.15, -0.1) is 12.4 Å². The van der Waals surface area contributed by atoms with Gasteiger partial charge in [0.05, 0.1) is 11.9 Å². The lowest BCUT2D eigenvalue weighted by molar-refractivity contribution is -0.120. The van der Waals surface area contributed by atoms with Crippen molar-refractivity contribution >= 4 is 29.8 Å². The Kier molecular flexibility index (Phi) is 5.92. The minimum atomic E-state index is 0. The molecule has 1 aliphatic carbocycles. The molecule has 4 nitrogen and oxygen atoms in total. The number of nitrogens with zero attached hydrogens (tertiary/aromatic N) is 1. The van der Waals surface area contributed by atoms with E-state index in [0.717, 1.165) is 31.4 Å². The molecule has 0 radical (unpaired) electrons. The number of aromatic nitrogens is 1. The first-order valence-electron chi connectivity index (χ1n) is 6.28. The molecule has 5 heteroatoms. The second kappa shape index (κ2) is 7.21. The van der Waals surface area contributed by atoms with Gasteiger partial charge in [0.25, 0.3) is 0 Å². The number of amides is 1. The monoisotopic (exact) mass is 269 g/mol. The van der Waals surface area contributed by atoms with E-state index in [0.29, 0.717) is 5.82 Å². The molecule has 0 spiro atoms. The Hall–Kier alpha value is -1.29. The number of hydrogen-bond donors (Lipinski definition) is 2. The second-order valence-corrected chi connectivity index (χ2v) is 4.65. The maximum atomic E-state index is 12.0. The van der Waals surface area contributed by atoms with Crippen molar-refractivity contribution in [3.05, 3.63) is 18.3 Å². The van der Waals surface area contributed by atoms with Crippen LogP contribution in [0.25, 0.3) is 0 Å². The lowest BCUT2D eigenvalue weighted by Crippen LogP contribution is -2.22. The van der Waals surface area contributed by atoms with Crippen LogP contribution in [0.1, 0.15) is 38.5 Å². The molecule has 0 unspecified atom stereocenters. The molecule has 1 amide bonds. The Balaban J connectivity index is 0.00000162. The third kappa shape index (κ3) is 4.18. The van der Waals surface area contributed by atoms with Crippen LogP contribution < -0.4 is 11.1 Å². The summed E-state index contributed by atoms with van der Waals surface area (Å²) in [6.07, 6.45) is 8.46. The maximum absolute atomic E-state index is 12.0. The largest absolute Gasteiger partial charge is 0.384 e. The van der Waals surface area contributed by atoms with Gasteiger partial charge in [-0.25, -0.2) is 4.98 Å². The predicted octanol–water partition coefficient (Wildman–Crippen LogP) is 2.99. The van der Waals surface area contributed by atoms with Gasteiger partial charge in [-0.05, 0) is 25.0 Å². The fourth-order valence-corrected chi connectivity index (χ4v) is 2.27. The van der Waals surface area contributed by atoms with Crippen LogP contribution in [0.2, 0.25) is 0 Å². The summed E-state index contributed by atoms with van der Waals surface area (Å²) in [6.45, 7) is 0. The summed E-state index contributed by atoms with van der Waals surface area (Å²) >= 11 is 0. The van der Waals surface area contributed by atoms with Gasteiger partial charge in [-0.3, -0.25) is 4.79 Å². The highest BCUT2D eigenvalue weighted by Gasteiger charge is 2.19. The number of anilines is 2. The van der Waals surface area contributed by atoms with Crippen LogP contribution in [0, 0.1) is 5.92 Å². The number of carbonyl (C=O) groups is 1. The van der Waals surface area contributed by atoms with Crippen molar-refractivity contribution < 1.29 is 4.79 Å². The first-order valence-corrected chi connectivity index (χ1v) is 6.28. The molecule has 0 aromatic carbocycles. The fourth-order valence-electron chi connectivity index (χ4n) is 2.27. The summed E-state index contributed by atoms with van der Waals surface area (Å²) in [5.74, 6) is 0.756. The van der Waals surface area contributed by atoms with Crippen LogP contribution in [0.15, 0.2) is 18.3 Å². The molecule has 1 aromatic rings. The molecule has 1 heterocycles. The molecule has 0 saturated heterocycles. The lowest BCUT2D eigenvalue weighted by atomic mass is 9.99. The third-order valence-electron chi connectivity index (χ3n) is 3.28. The first kappa shape index (κ1) is 14.8. The summed E-state index contributed by atoms with van der Waals surface area (Å²) in [4.78, 5) is 16.0. The molecule has 0 aliphatic heterocycles. The van der Waals surface area contributed by atoms with E-state index in [9.17, 15) is 4.79 Å². The molecule has 1 aromatic heterocycles. The van der Waals surface area contributed by atoms with E-state index >= 15 is 0 Å². The average Bonchev–Trinajstić information content (AvgIpc) is 2.61. The Morgan fingerprint density at radius 3 is 2.44 bits per heavy atom. The van der Waals surface area contributed by atoms with E-state index in [2.05, 4.69) is 10.3 Å². The van der Waals surface area contributed by atoms with Gasteiger partial charge in [0.1, 0.15) is 5.82 Å². The molecule has 0 bridgehead atoms. The van der Waals surface area contributed by atoms with Gasteiger partial charge in [0, 0.05) is 5.92 Å². The quantitative estimate of drug-likeness (QED) is 0.811. The predicted molar refractivity (Wildman–Crippen MR) is 75.7 cm³/mol. The summed E-state index contributed by atoms with van der Waals surface area (Å²) < 4.78 is 0. The van der Waals surface area contributed by atoms with Gasteiger partial charge in [-0.2, -0.15) is 0 Å². The minimum Gasteiger partial charge on any atom is -0.384 e. The Morgan fingerprint density at radius 1 is 1.22 bits per heavy atom. The van der Waals surface area contributed by atoms with Crippen molar-refractivity contribution in [1.29, 1.82) is 0 Å². The van der Waals surface area contributed by atoms with E-state index in [4.69, 9.17) is 5.73 Å². The van der Waals surface area contributed by atoms with Gasteiger partial charge in [0.15, 0.2) is 0 Å². The van der Waals surface area contributed by atoms with Crippen LogP contribution in [0.5, 0.6) is 0 Å². The van der Waals surface area contributed by atoms with E-state index < -0.39 is 0 Å². The zero-order chi connectivity index (χ0) is 12.1. The van der Waals surface area contributed by atoms with Crippen LogP contribution in [0.3, 0.4) is 0 Å². The smallest absolute Gasteiger partial charge is 0.227 e. The molecule has 3 N–H and O–H groups in total. The first-order chi connectivity index (χ1) is 8.25. The normalized spacial score (nSPS) is 16.4. The lowest BCUT2D eigenvalue weighted by Gasteiger charge is -2.13. The Morgan fingerprint density at radius 2 is 1.89 bits per heavy atom. The molecule has 1 aliphatic rings. The highest BCUT2D eigenvalue weighted by molar-refractivity contribution is 5.92. The van der Waals surface area contributed by atoms with E-state index in [-0.39, 0.29) is 24.2 Å². The SMILES string of the molecule is Cl.Nc1ccc(NC(=O)C2CCCCCC2)cn1. The number of nitrogens with two attached hydrogens (primary N) is 1. The van der Waals surface area contributed by atoms with Crippen LogP contribution in [-0.2, 0) is 4.79 Å². The number of rotatable bonds is 2. The number of nitrogens with one attached hydrogen (secondary N) is 1. The zero-order valence-corrected chi connectivity index (χ0v) is 11.2. The molecule has 2 rings (SSSR count). The summed E-state index contributed by atoms with van der Waals surface area (Å²) in [7, 11) is 0. The van der Waals surface area contributed by atoms with Gasteiger partial charge < -0.3 is 11.1 Å². The topological polar surface area (TPSA) is 68.0 Å². The van der Waals surface area contributed by atoms with Gasteiger partial charge in [0.2, 0.25) is 5.91 Å². The third-order valence-corrected chi connectivity index (χ3v) is 3.28. The van der Waals surface area contributed by atoms with Crippen LogP contribution >= 0.6 is 12.4 Å². The maximum Gasteiger partial charge on any atom is 0.227 e. The minimum absolute atomic E-state index is 0. The number of nitrogen functional groups attached to an aromatic ring is 1. The summed E-state index contributed by atoms with van der Waals surface area (Å²) in [5.41, 5.74) is 6.23. The van der Waals surface area contributed by atoms with E-state index in [1.807, 2.05) is 0 Å². The van der Waals surface area contributed by atoms with Crippen molar-refractivity contribution in [1.82, 2.24) is 4.98 Å². The van der Waals surface area contributed by atoms with Gasteiger partial charge >= 0.3 is 0 Å². The molecule has 100 valence electrons. The molecule has 1 saturated carbocycles. The number of pyridine rings is 1. The standard InChI is InChI=1S/C13H19N3O.ClH/c14-12-8-7-11(9-15-12)16-13(17)10-5-3-1-2-4-6-10;/h7-10H,1-6H2,(H2,14,15)(H,16,17);1H. The van der Waals surface area contributed by atoms with E-state index in [1.54, 1.807) is 18.3 Å². The van der Waals surface area contributed by atoms with E-state index in [1.165, 1.54) is 12.8 Å². The van der Waals surface area contributed by atoms with Crippen molar-refractivity contribution in [2.24, 2.45) is 5.92 Å². The van der Waals surface area contributed by atoms with Crippen LogP contribution in [-0.4, -0.2) is 10.9 Å². The number of hydrogen-bond acceptors (Lipinski definition) is 3. The molecule has 1 fully saturated rings. The highest BCUT2D eigenvalue weighted by atomic mass is 35.5. The Labute approximate surface area is 114 Å². The summed E-state index contributed by atoms with van der Waals surface area (Å²) in [5, 5.41) is 2.91. The average molecular weight is 270 g/mol. The molecular formula is C13H20ClN3O. The number of halogens is 1. The Bertz CT molecular complexity index is 372. The van der Waals surface area contributed by atoms with Gasteiger partial charge in [-0.1, -0.05) is 25.7 Å². The highest BCUT2D eigenvalue weighted by Crippen LogP contribution is 2.24. The second-order valence-electron chi connectivity index (χ2n) is 4.65. The van der Waals surface area contributed by atoms with Crippen molar-refractivity contribution in [3.63, 3.8) is 0 Å². The fraction of sp³-hybridized carbons (Fsp3) is 0.538. The molecular weight excluding hydrogens is 250 g/mol.